The van der Waals surface area contributed by atoms with Crippen molar-refractivity contribution in [3.63, 3.8) is 0 Å². The van der Waals surface area contributed by atoms with Gasteiger partial charge in [0, 0.05) is 6.54 Å². The molecule has 0 bridgehead atoms. The molecule has 0 saturated carbocycles. The van der Waals surface area contributed by atoms with Gasteiger partial charge in [0.15, 0.2) is 0 Å². The van der Waals surface area contributed by atoms with Crippen molar-refractivity contribution in [2.24, 2.45) is 11.5 Å². The minimum absolute atomic E-state index is 0.136. The Kier molecular flexibility index (Phi) is 4.89. The molecule has 0 aromatic rings. The predicted octanol–water partition coefficient (Wildman–Crippen LogP) is -1.76. The van der Waals surface area contributed by atoms with Crippen LogP contribution in [0.2, 0.25) is 0 Å². The van der Waals surface area contributed by atoms with Gasteiger partial charge in [0.05, 0.1) is 19.4 Å². The van der Waals surface area contributed by atoms with Crippen LogP contribution in [-0.4, -0.2) is 31.1 Å². The zero-order chi connectivity index (χ0) is 6.41. The standard InChI is InChI=1S/C4H12N2O2/c5-1-4(7)2-8-3-6/h4,7H,1-3,5-6H2. The summed E-state index contributed by atoms with van der Waals surface area (Å²) >= 11 is 0. The fourth-order valence-corrected chi connectivity index (χ4v) is 0.272. The molecule has 5 N–H and O–H groups in total. The predicted molar refractivity (Wildman–Crippen MR) is 30.1 cm³/mol. The minimum atomic E-state index is -0.571. The molecule has 0 aliphatic heterocycles. The van der Waals surface area contributed by atoms with Crippen LogP contribution in [0.5, 0.6) is 0 Å². The van der Waals surface area contributed by atoms with Gasteiger partial charge in [0.2, 0.25) is 0 Å². The molecule has 0 rings (SSSR count). The number of rotatable bonds is 4. The first kappa shape index (κ1) is 7.84. The molecule has 0 aliphatic rings. The van der Waals surface area contributed by atoms with Crippen molar-refractivity contribution in [1.82, 2.24) is 0 Å². The number of hydrogen-bond acceptors (Lipinski definition) is 4. The van der Waals surface area contributed by atoms with Gasteiger partial charge in [-0.2, -0.15) is 0 Å². The van der Waals surface area contributed by atoms with Crippen molar-refractivity contribution in [2.75, 3.05) is 19.9 Å². The molecule has 0 fully saturated rings. The third-order valence-electron chi connectivity index (χ3n) is 0.700. The lowest BCUT2D eigenvalue weighted by molar-refractivity contribution is 0.0443. The highest BCUT2D eigenvalue weighted by atomic mass is 16.5. The zero-order valence-electron chi connectivity index (χ0n) is 4.71. The molecular weight excluding hydrogens is 108 g/mol. The largest absolute Gasteiger partial charge is 0.389 e. The van der Waals surface area contributed by atoms with Crippen molar-refractivity contribution >= 4 is 0 Å². The third kappa shape index (κ3) is 4.01. The van der Waals surface area contributed by atoms with E-state index in [2.05, 4.69) is 4.74 Å². The van der Waals surface area contributed by atoms with Gasteiger partial charge in [-0.05, 0) is 0 Å². The van der Waals surface area contributed by atoms with E-state index in [0.717, 1.165) is 0 Å². The quantitative estimate of drug-likeness (QED) is 0.384. The van der Waals surface area contributed by atoms with E-state index in [0.29, 0.717) is 0 Å². The number of aliphatic hydroxyl groups excluding tert-OH is 1. The molecule has 4 nitrogen and oxygen atoms in total. The van der Waals surface area contributed by atoms with Crippen molar-refractivity contribution in [2.45, 2.75) is 6.10 Å². The number of ether oxygens (including phenoxy) is 1. The first-order valence-corrected chi connectivity index (χ1v) is 2.47. The number of aliphatic hydroxyl groups is 1. The Labute approximate surface area is 48.4 Å². The van der Waals surface area contributed by atoms with Gasteiger partial charge in [-0.25, -0.2) is 0 Å². The topological polar surface area (TPSA) is 81.5 Å². The highest BCUT2D eigenvalue weighted by molar-refractivity contribution is 4.50. The van der Waals surface area contributed by atoms with Crippen molar-refractivity contribution in [3.8, 4) is 0 Å². The summed E-state index contributed by atoms with van der Waals surface area (Å²) in [6.45, 7) is 0.587. The second-order valence-corrected chi connectivity index (χ2v) is 1.43. The summed E-state index contributed by atoms with van der Waals surface area (Å²) in [5, 5.41) is 8.68. The summed E-state index contributed by atoms with van der Waals surface area (Å²) in [6, 6.07) is 0. The van der Waals surface area contributed by atoms with Gasteiger partial charge in [-0.15, -0.1) is 0 Å². The molecule has 1 atom stereocenters. The molecule has 0 aromatic carbocycles. The van der Waals surface area contributed by atoms with Crippen LogP contribution in [0.15, 0.2) is 0 Å². The third-order valence-corrected chi connectivity index (χ3v) is 0.700. The zero-order valence-corrected chi connectivity index (χ0v) is 4.71. The van der Waals surface area contributed by atoms with Gasteiger partial charge >= 0.3 is 0 Å². The van der Waals surface area contributed by atoms with E-state index < -0.39 is 6.10 Å². The Morgan fingerprint density at radius 1 is 1.50 bits per heavy atom. The molecule has 0 heterocycles. The fraction of sp³-hybridized carbons (Fsp3) is 1.00. The van der Waals surface area contributed by atoms with E-state index in [1.165, 1.54) is 0 Å². The lowest BCUT2D eigenvalue weighted by Gasteiger charge is -2.05. The lowest BCUT2D eigenvalue weighted by Crippen LogP contribution is -2.26. The monoisotopic (exact) mass is 120 g/mol. The van der Waals surface area contributed by atoms with E-state index in [4.69, 9.17) is 16.6 Å². The van der Waals surface area contributed by atoms with E-state index in [1.807, 2.05) is 0 Å². The average molecular weight is 120 g/mol. The molecule has 4 heteroatoms. The molecule has 0 radical (unpaired) electrons. The molecule has 0 amide bonds. The normalized spacial score (nSPS) is 13.9. The molecule has 50 valence electrons. The molecule has 0 spiro atoms. The summed E-state index contributed by atoms with van der Waals surface area (Å²) < 4.78 is 4.63. The second-order valence-electron chi connectivity index (χ2n) is 1.43. The smallest absolute Gasteiger partial charge is 0.0941 e. The minimum Gasteiger partial charge on any atom is -0.389 e. The molecule has 0 aliphatic carbocycles. The van der Waals surface area contributed by atoms with Gasteiger partial charge in [-0.1, -0.05) is 0 Å². The maximum atomic E-state index is 8.68. The Morgan fingerprint density at radius 3 is 2.50 bits per heavy atom. The first-order chi connectivity index (χ1) is 3.81. The molecule has 0 saturated heterocycles. The SMILES string of the molecule is NCOCC(O)CN. The number of hydrogen-bond donors (Lipinski definition) is 3. The van der Waals surface area contributed by atoms with Gasteiger partial charge in [-0.3, -0.25) is 0 Å². The van der Waals surface area contributed by atoms with Crippen LogP contribution in [0.4, 0.5) is 0 Å². The molecule has 8 heavy (non-hydrogen) atoms. The van der Waals surface area contributed by atoms with Crippen LogP contribution in [0, 0.1) is 0 Å². The van der Waals surface area contributed by atoms with Crippen molar-refractivity contribution < 1.29 is 9.84 Å². The van der Waals surface area contributed by atoms with E-state index in [1.54, 1.807) is 0 Å². The number of nitrogens with two attached hydrogens (primary N) is 2. The van der Waals surface area contributed by atoms with Crippen LogP contribution < -0.4 is 11.5 Å². The van der Waals surface area contributed by atoms with E-state index in [9.17, 15) is 0 Å². The van der Waals surface area contributed by atoms with E-state index >= 15 is 0 Å². The summed E-state index contributed by atoms with van der Waals surface area (Å²) in [5.74, 6) is 0. The van der Waals surface area contributed by atoms with Crippen LogP contribution in [0.3, 0.4) is 0 Å². The van der Waals surface area contributed by atoms with Crippen LogP contribution in [-0.2, 0) is 4.74 Å². The Bertz CT molecular complexity index is 51.3. The average Bonchev–Trinajstić information content (AvgIpc) is 1.83. The summed E-state index contributed by atoms with van der Waals surface area (Å²) in [7, 11) is 0. The molecule has 1 unspecified atom stereocenters. The maximum Gasteiger partial charge on any atom is 0.0941 e. The Balaban J connectivity index is 2.86. The van der Waals surface area contributed by atoms with Crippen LogP contribution >= 0.6 is 0 Å². The molecular formula is C4H12N2O2. The Morgan fingerprint density at radius 2 is 2.12 bits per heavy atom. The second kappa shape index (κ2) is 4.99. The van der Waals surface area contributed by atoms with Crippen molar-refractivity contribution in [3.05, 3.63) is 0 Å². The van der Waals surface area contributed by atoms with Crippen molar-refractivity contribution in [1.29, 1.82) is 0 Å². The van der Waals surface area contributed by atoms with Gasteiger partial charge in [0.25, 0.3) is 0 Å². The van der Waals surface area contributed by atoms with Gasteiger partial charge in [0.1, 0.15) is 0 Å². The fourth-order valence-electron chi connectivity index (χ4n) is 0.272. The first-order valence-electron chi connectivity index (χ1n) is 2.47. The maximum absolute atomic E-state index is 8.68. The van der Waals surface area contributed by atoms with Crippen LogP contribution in [0.25, 0.3) is 0 Å². The summed E-state index contributed by atoms with van der Waals surface area (Å²) in [5.41, 5.74) is 10.00. The summed E-state index contributed by atoms with van der Waals surface area (Å²) in [6.07, 6.45) is -0.571. The molecule has 0 aromatic heterocycles. The van der Waals surface area contributed by atoms with E-state index in [-0.39, 0.29) is 19.9 Å². The summed E-state index contributed by atoms with van der Waals surface area (Å²) in [4.78, 5) is 0. The Hall–Kier alpha value is -0.160. The highest BCUT2D eigenvalue weighted by Gasteiger charge is 1.97. The highest BCUT2D eigenvalue weighted by Crippen LogP contribution is 1.77. The lowest BCUT2D eigenvalue weighted by atomic mass is 10.4. The van der Waals surface area contributed by atoms with Gasteiger partial charge < -0.3 is 21.3 Å². The van der Waals surface area contributed by atoms with Crippen LogP contribution in [0.1, 0.15) is 0 Å².